The van der Waals surface area contributed by atoms with E-state index in [1.54, 1.807) is 0 Å². The third-order valence-electron chi connectivity index (χ3n) is 1.00. The van der Waals surface area contributed by atoms with E-state index in [1.807, 2.05) is 0 Å². The maximum atomic E-state index is 10.4. The number of carbonyl (C=O) groups is 3. The minimum Gasteiger partial charge on any atom is -0.481 e. The van der Waals surface area contributed by atoms with Crippen molar-refractivity contribution in [3.8, 4) is 0 Å². The van der Waals surface area contributed by atoms with Gasteiger partial charge < -0.3 is 10.2 Å². The van der Waals surface area contributed by atoms with Crippen LogP contribution in [0.1, 0.15) is 12.8 Å². The molecule has 0 unspecified atom stereocenters. The summed E-state index contributed by atoms with van der Waals surface area (Å²) in [6.07, 6.45) is 2.00. The van der Waals surface area contributed by atoms with Crippen molar-refractivity contribution in [2.45, 2.75) is 12.8 Å². The lowest BCUT2D eigenvalue weighted by Gasteiger charge is -1.86. The normalized spacial score (nSPS) is 10.0. The molecule has 12 heavy (non-hydrogen) atoms. The van der Waals surface area contributed by atoms with E-state index in [1.165, 1.54) is 12.2 Å². The molecule has 0 aromatic carbocycles. The first kappa shape index (κ1) is 10.3. The van der Waals surface area contributed by atoms with Crippen LogP contribution in [-0.2, 0) is 14.4 Å². The smallest absolute Gasteiger partial charge is 0.372 e. The van der Waals surface area contributed by atoms with Crippen molar-refractivity contribution in [1.82, 2.24) is 0 Å². The van der Waals surface area contributed by atoms with E-state index < -0.39 is 17.7 Å². The van der Waals surface area contributed by atoms with Gasteiger partial charge in [-0.05, 0) is 0 Å². The summed E-state index contributed by atoms with van der Waals surface area (Å²) in [5, 5.41) is 16.2. The van der Waals surface area contributed by atoms with Crippen molar-refractivity contribution in [1.29, 1.82) is 0 Å². The third-order valence-corrected chi connectivity index (χ3v) is 1.00. The molecule has 0 rings (SSSR count). The number of carbonyl (C=O) groups excluding carboxylic acids is 1. The van der Waals surface area contributed by atoms with Gasteiger partial charge in [-0.15, -0.1) is 0 Å². The number of carboxylic acids is 2. The molecule has 0 spiro atoms. The second-order valence-corrected chi connectivity index (χ2v) is 2.00. The Kier molecular flexibility index (Phi) is 4.36. The molecule has 5 nitrogen and oxygen atoms in total. The fraction of sp³-hybridized carbons (Fsp3) is 0.286. The van der Waals surface area contributed by atoms with E-state index in [9.17, 15) is 14.4 Å². The number of allylic oxidation sites excluding steroid dienone is 1. The van der Waals surface area contributed by atoms with Crippen LogP contribution in [0, 0.1) is 0 Å². The van der Waals surface area contributed by atoms with Gasteiger partial charge in [0.2, 0.25) is 5.78 Å². The Hall–Kier alpha value is -1.65. The number of ketones is 1. The second-order valence-electron chi connectivity index (χ2n) is 2.00. The van der Waals surface area contributed by atoms with Crippen LogP contribution in [-0.4, -0.2) is 27.9 Å². The molecule has 0 aliphatic heterocycles. The summed E-state index contributed by atoms with van der Waals surface area (Å²) < 4.78 is 0. The lowest BCUT2D eigenvalue weighted by atomic mass is 10.2. The van der Waals surface area contributed by atoms with Gasteiger partial charge in [-0.3, -0.25) is 9.59 Å². The Bertz CT molecular complexity index is 228. The van der Waals surface area contributed by atoms with Crippen molar-refractivity contribution in [3.63, 3.8) is 0 Å². The Labute approximate surface area is 68.3 Å². The summed E-state index contributed by atoms with van der Waals surface area (Å²) >= 11 is 0. The number of carboxylic acid groups (broad SMARTS) is 2. The third kappa shape index (κ3) is 5.16. The highest BCUT2D eigenvalue weighted by molar-refractivity contribution is 6.33. The molecule has 0 saturated carbocycles. The van der Waals surface area contributed by atoms with E-state index >= 15 is 0 Å². The summed E-state index contributed by atoms with van der Waals surface area (Å²) in [6, 6.07) is 0. The predicted octanol–water partition coefficient (Wildman–Crippen LogP) is 0.0611. The number of hydrogen-bond acceptors (Lipinski definition) is 3. The standard InChI is InChI=1S/C7H8O5/c8-5(7(11)12)3-1-2-4-6(9)10/h1-2H,3-4H2,(H,9,10)(H,11,12)/b2-1+. The van der Waals surface area contributed by atoms with Crippen molar-refractivity contribution >= 4 is 17.7 Å². The van der Waals surface area contributed by atoms with Crippen molar-refractivity contribution in [2.24, 2.45) is 0 Å². The lowest BCUT2D eigenvalue weighted by molar-refractivity contribution is -0.148. The molecule has 0 aliphatic carbocycles. The summed E-state index contributed by atoms with van der Waals surface area (Å²) in [6.45, 7) is 0. The minimum atomic E-state index is -1.50. The van der Waals surface area contributed by atoms with Crippen LogP contribution in [0.3, 0.4) is 0 Å². The highest BCUT2D eigenvalue weighted by Crippen LogP contribution is 1.89. The average Bonchev–Trinajstić information content (AvgIpc) is 1.97. The van der Waals surface area contributed by atoms with Crippen molar-refractivity contribution in [2.75, 3.05) is 0 Å². The van der Waals surface area contributed by atoms with Gasteiger partial charge in [0.05, 0.1) is 6.42 Å². The van der Waals surface area contributed by atoms with Crippen LogP contribution in [0.25, 0.3) is 0 Å². The van der Waals surface area contributed by atoms with Crippen LogP contribution in [0.2, 0.25) is 0 Å². The van der Waals surface area contributed by atoms with Crippen molar-refractivity contribution in [3.05, 3.63) is 12.2 Å². The summed E-state index contributed by atoms with van der Waals surface area (Å²) in [5.41, 5.74) is 0. The Morgan fingerprint density at radius 2 is 1.50 bits per heavy atom. The Morgan fingerprint density at radius 3 is 1.92 bits per heavy atom. The first-order valence-electron chi connectivity index (χ1n) is 3.17. The fourth-order valence-electron chi connectivity index (χ4n) is 0.462. The summed E-state index contributed by atoms with van der Waals surface area (Å²) in [5.74, 6) is -3.47. The van der Waals surface area contributed by atoms with Crippen LogP contribution in [0.15, 0.2) is 12.2 Å². The zero-order valence-corrected chi connectivity index (χ0v) is 6.19. The fourth-order valence-corrected chi connectivity index (χ4v) is 0.462. The van der Waals surface area contributed by atoms with Crippen LogP contribution in [0.5, 0.6) is 0 Å². The topological polar surface area (TPSA) is 91.7 Å². The van der Waals surface area contributed by atoms with Gasteiger partial charge in [0.25, 0.3) is 0 Å². The highest BCUT2D eigenvalue weighted by atomic mass is 16.4. The summed E-state index contributed by atoms with van der Waals surface area (Å²) in [4.78, 5) is 30.2. The largest absolute Gasteiger partial charge is 0.481 e. The molecule has 0 aromatic rings. The van der Waals surface area contributed by atoms with E-state index in [-0.39, 0.29) is 12.8 Å². The molecule has 0 radical (unpaired) electrons. The first-order valence-corrected chi connectivity index (χ1v) is 3.17. The molecular formula is C7H8O5. The molecule has 0 atom stereocenters. The monoisotopic (exact) mass is 172 g/mol. The highest BCUT2D eigenvalue weighted by Gasteiger charge is 2.07. The predicted molar refractivity (Wildman–Crippen MR) is 38.7 cm³/mol. The molecule has 0 aliphatic rings. The summed E-state index contributed by atoms with van der Waals surface area (Å²) in [7, 11) is 0. The van der Waals surface area contributed by atoms with Gasteiger partial charge >= 0.3 is 11.9 Å². The maximum absolute atomic E-state index is 10.4. The molecule has 0 aromatic heterocycles. The van der Waals surface area contributed by atoms with E-state index in [4.69, 9.17) is 10.2 Å². The number of hydrogen-bond donors (Lipinski definition) is 2. The number of Topliss-reactive ketones (excluding diaryl/α,β-unsaturated/α-hetero) is 1. The molecule has 2 N–H and O–H groups in total. The molecule has 0 heterocycles. The number of aliphatic carboxylic acids is 2. The Balaban J connectivity index is 3.68. The molecule has 0 amide bonds. The van der Waals surface area contributed by atoms with Gasteiger partial charge in [-0.25, -0.2) is 4.79 Å². The second kappa shape index (κ2) is 5.06. The molecular weight excluding hydrogens is 164 g/mol. The Morgan fingerprint density at radius 1 is 1.00 bits per heavy atom. The number of rotatable bonds is 5. The van der Waals surface area contributed by atoms with E-state index in [0.717, 1.165) is 0 Å². The van der Waals surface area contributed by atoms with E-state index in [0.29, 0.717) is 0 Å². The van der Waals surface area contributed by atoms with Gasteiger partial charge in [0.1, 0.15) is 0 Å². The van der Waals surface area contributed by atoms with Gasteiger partial charge in [-0.1, -0.05) is 12.2 Å². The minimum absolute atomic E-state index is 0.201. The van der Waals surface area contributed by atoms with Crippen LogP contribution in [0.4, 0.5) is 0 Å². The zero-order valence-electron chi connectivity index (χ0n) is 6.19. The molecule has 5 heteroatoms. The first-order chi connectivity index (χ1) is 5.54. The lowest BCUT2D eigenvalue weighted by Crippen LogP contribution is -2.10. The van der Waals surface area contributed by atoms with Gasteiger partial charge in [0, 0.05) is 6.42 Å². The molecule has 0 fully saturated rings. The molecule has 66 valence electrons. The molecule has 0 bridgehead atoms. The SMILES string of the molecule is O=C(O)C/C=C/CC(=O)C(=O)O. The van der Waals surface area contributed by atoms with Gasteiger partial charge in [-0.2, -0.15) is 0 Å². The molecule has 0 saturated heterocycles. The maximum Gasteiger partial charge on any atom is 0.372 e. The average molecular weight is 172 g/mol. The van der Waals surface area contributed by atoms with Crippen LogP contribution >= 0.6 is 0 Å². The van der Waals surface area contributed by atoms with Crippen LogP contribution < -0.4 is 0 Å². The quantitative estimate of drug-likeness (QED) is 0.452. The van der Waals surface area contributed by atoms with Gasteiger partial charge in [0.15, 0.2) is 0 Å². The van der Waals surface area contributed by atoms with Crippen molar-refractivity contribution < 1.29 is 24.6 Å². The zero-order chi connectivity index (χ0) is 9.56. The van der Waals surface area contributed by atoms with E-state index in [2.05, 4.69) is 0 Å².